The quantitative estimate of drug-likeness (QED) is 0.575. The fourth-order valence-electron chi connectivity index (χ4n) is 0.939. The normalized spacial score (nSPS) is 36.2. The summed E-state index contributed by atoms with van der Waals surface area (Å²) in [6.07, 6.45) is 1.06. The van der Waals surface area contributed by atoms with Gasteiger partial charge in [0.25, 0.3) is 0 Å². The molecule has 1 N–H and O–H groups in total. The van der Waals surface area contributed by atoms with Gasteiger partial charge in [0.15, 0.2) is 0 Å². The van der Waals surface area contributed by atoms with Crippen LogP contribution in [0, 0.1) is 0 Å². The van der Waals surface area contributed by atoms with Gasteiger partial charge in [-0.05, 0) is 20.4 Å². The highest BCUT2D eigenvalue weighted by atomic mass is 31.1. The van der Waals surface area contributed by atoms with Gasteiger partial charge in [-0.25, -0.2) is 0 Å². The van der Waals surface area contributed by atoms with E-state index in [-0.39, 0.29) is 0 Å². The maximum atomic E-state index is 10.7. The van der Waals surface area contributed by atoms with Gasteiger partial charge in [0.05, 0.1) is 0 Å². The van der Waals surface area contributed by atoms with Crippen LogP contribution in [0.2, 0.25) is 0 Å². The molecule has 0 aromatic rings. The van der Waals surface area contributed by atoms with Crippen molar-refractivity contribution >= 4 is 14.4 Å². The molecule has 1 aliphatic rings. The van der Waals surface area contributed by atoms with E-state index in [2.05, 4.69) is 5.32 Å². The third-order valence-electron chi connectivity index (χ3n) is 1.71. The standard InChI is InChI=1S/C6H12NOP/c1-4(8)5-3-6(7-2)9-5/h5-7,9H,3H2,1-2H3. The molecule has 0 bridgehead atoms. The van der Waals surface area contributed by atoms with Gasteiger partial charge < -0.3 is 5.32 Å². The lowest BCUT2D eigenvalue weighted by Crippen LogP contribution is -2.37. The maximum absolute atomic E-state index is 10.7. The summed E-state index contributed by atoms with van der Waals surface area (Å²) >= 11 is 0. The highest BCUT2D eigenvalue weighted by Crippen LogP contribution is 2.41. The first-order valence-electron chi connectivity index (χ1n) is 3.18. The zero-order chi connectivity index (χ0) is 6.85. The second kappa shape index (κ2) is 2.76. The van der Waals surface area contributed by atoms with Crippen LogP contribution >= 0.6 is 8.58 Å². The lowest BCUT2D eigenvalue weighted by molar-refractivity contribution is -0.117. The number of carbonyl (C=O) groups excluding carboxylic acids is 1. The van der Waals surface area contributed by atoms with Crippen LogP contribution in [-0.2, 0) is 4.79 Å². The molecule has 52 valence electrons. The molecule has 0 saturated carbocycles. The molecule has 3 heteroatoms. The van der Waals surface area contributed by atoms with Crippen LogP contribution < -0.4 is 5.32 Å². The molecule has 3 unspecified atom stereocenters. The van der Waals surface area contributed by atoms with Crippen LogP contribution in [0.1, 0.15) is 13.3 Å². The summed E-state index contributed by atoms with van der Waals surface area (Å²) in [5.74, 6) is 0.999. The second-order valence-corrected chi connectivity index (χ2v) is 4.13. The van der Waals surface area contributed by atoms with Gasteiger partial charge in [0.1, 0.15) is 5.78 Å². The summed E-state index contributed by atoms with van der Waals surface area (Å²) in [5, 5.41) is 3.15. The topological polar surface area (TPSA) is 29.1 Å². The first kappa shape index (κ1) is 7.17. The average molecular weight is 145 g/mol. The largest absolute Gasteiger partial charge is 0.313 e. The Morgan fingerprint density at radius 2 is 2.33 bits per heavy atom. The minimum absolute atomic E-state index is 0.361. The highest BCUT2D eigenvalue weighted by Gasteiger charge is 2.30. The molecular weight excluding hydrogens is 133 g/mol. The number of hydrogen-bond acceptors (Lipinski definition) is 2. The Hall–Kier alpha value is 0.0600. The van der Waals surface area contributed by atoms with Gasteiger partial charge in [-0.2, -0.15) is 0 Å². The molecule has 0 aromatic heterocycles. The van der Waals surface area contributed by atoms with Gasteiger partial charge in [0.2, 0.25) is 0 Å². The van der Waals surface area contributed by atoms with Crippen molar-refractivity contribution in [2.45, 2.75) is 24.8 Å². The van der Waals surface area contributed by atoms with Crippen molar-refractivity contribution in [2.24, 2.45) is 0 Å². The van der Waals surface area contributed by atoms with Crippen molar-refractivity contribution in [3.63, 3.8) is 0 Å². The summed E-state index contributed by atoms with van der Waals surface area (Å²) in [4.78, 5) is 10.7. The van der Waals surface area contributed by atoms with E-state index in [1.807, 2.05) is 7.05 Å². The fourth-order valence-corrected chi connectivity index (χ4v) is 2.13. The fraction of sp³-hybridized carbons (Fsp3) is 0.833. The molecule has 9 heavy (non-hydrogen) atoms. The van der Waals surface area contributed by atoms with Crippen LogP contribution in [0.4, 0.5) is 0 Å². The van der Waals surface area contributed by atoms with Crippen molar-refractivity contribution in [2.75, 3.05) is 7.05 Å². The predicted molar refractivity (Wildman–Crippen MR) is 40.2 cm³/mol. The predicted octanol–water partition coefficient (Wildman–Crippen LogP) is 0.572. The summed E-state index contributed by atoms with van der Waals surface area (Å²) in [6.45, 7) is 1.68. The molecule has 2 nitrogen and oxygen atoms in total. The van der Waals surface area contributed by atoms with E-state index in [9.17, 15) is 4.79 Å². The van der Waals surface area contributed by atoms with Gasteiger partial charge >= 0.3 is 0 Å². The third kappa shape index (κ3) is 1.50. The van der Waals surface area contributed by atoms with Gasteiger partial charge in [0, 0.05) is 11.4 Å². The Labute approximate surface area is 57.2 Å². The van der Waals surface area contributed by atoms with Gasteiger partial charge in [-0.1, -0.05) is 8.58 Å². The number of ketones is 1. The van der Waals surface area contributed by atoms with Gasteiger partial charge in [-0.15, -0.1) is 0 Å². The van der Waals surface area contributed by atoms with Crippen LogP contribution in [0.3, 0.4) is 0 Å². The smallest absolute Gasteiger partial charge is 0.137 e. The van der Waals surface area contributed by atoms with Crippen LogP contribution in [0.5, 0.6) is 0 Å². The van der Waals surface area contributed by atoms with Gasteiger partial charge in [-0.3, -0.25) is 4.79 Å². The highest BCUT2D eigenvalue weighted by molar-refractivity contribution is 7.43. The van der Waals surface area contributed by atoms with Crippen LogP contribution in [0.15, 0.2) is 0 Å². The van der Waals surface area contributed by atoms with E-state index < -0.39 is 0 Å². The monoisotopic (exact) mass is 145 g/mol. The number of rotatable bonds is 2. The lowest BCUT2D eigenvalue weighted by Gasteiger charge is -2.33. The number of hydrogen-bond donors (Lipinski definition) is 1. The van der Waals surface area contributed by atoms with Crippen LogP contribution in [0.25, 0.3) is 0 Å². The zero-order valence-corrected chi connectivity index (χ0v) is 6.77. The molecule has 1 heterocycles. The summed E-state index contributed by atoms with van der Waals surface area (Å²) < 4.78 is 0. The molecule has 3 atom stereocenters. The van der Waals surface area contributed by atoms with E-state index >= 15 is 0 Å². The van der Waals surface area contributed by atoms with Crippen molar-refractivity contribution in [3.8, 4) is 0 Å². The van der Waals surface area contributed by atoms with E-state index in [1.165, 1.54) is 0 Å². The van der Waals surface area contributed by atoms with Crippen molar-refractivity contribution < 1.29 is 4.79 Å². The minimum atomic E-state index is 0.361. The number of Topliss-reactive ketones (excluding diaryl/α,β-unsaturated/α-hetero) is 1. The Morgan fingerprint density at radius 1 is 1.78 bits per heavy atom. The molecular formula is C6H12NOP. The van der Waals surface area contributed by atoms with Crippen molar-refractivity contribution in [3.05, 3.63) is 0 Å². The van der Waals surface area contributed by atoms with E-state index in [4.69, 9.17) is 0 Å². The second-order valence-electron chi connectivity index (χ2n) is 2.41. The molecule has 0 radical (unpaired) electrons. The SMILES string of the molecule is CNC1CC(C(C)=O)P1. The summed E-state index contributed by atoms with van der Waals surface area (Å²) in [7, 11) is 2.78. The van der Waals surface area contributed by atoms with Crippen LogP contribution in [-0.4, -0.2) is 24.3 Å². The number of nitrogens with one attached hydrogen (secondary N) is 1. The van der Waals surface area contributed by atoms with E-state index in [1.54, 1.807) is 6.92 Å². The molecule has 0 spiro atoms. The molecule has 1 aliphatic heterocycles. The molecule has 1 rings (SSSR count). The summed E-state index contributed by atoms with van der Waals surface area (Å²) in [6, 6.07) is 0. The Morgan fingerprint density at radius 3 is 2.67 bits per heavy atom. The Kier molecular flexibility index (Phi) is 2.20. The van der Waals surface area contributed by atoms with E-state index in [0.717, 1.165) is 15.0 Å². The average Bonchev–Trinajstić information content (AvgIpc) is 1.61. The summed E-state index contributed by atoms with van der Waals surface area (Å²) in [5.41, 5.74) is 0.391. The first-order chi connectivity index (χ1) is 4.24. The molecule has 0 aliphatic carbocycles. The maximum Gasteiger partial charge on any atom is 0.137 e. The van der Waals surface area contributed by atoms with Crippen molar-refractivity contribution in [1.82, 2.24) is 5.32 Å². The molecule has 0 amide bonds. The minimum Gasteiger partial charge on any atom is -0.313 e. The molecule has 1 fully saturated rings. The van der Waals surface area contributed by atoms with E-state index in [0.29, 0.717) is 17.2 Å². The third-order valence-corrected chi connectivity index (χ3v) is 3.68. The molecule has 0 aromatic carbocycles. The first-order valence-corrected chi connectivity index (χ1v) is 4.33. The zero-order valence-electron chi connectivity index (χ0n) is 5.77. The Bertz CT molecular complexity index is 120. The lowest BCUT2D eigenvalue weighted by atomic mass is 10.2. The molecule has 1 saturated heterocycles. The number of carbonyl (C=O) groups is 1. The van der Waals surface area contributed by atoms with Crippen molar-refractivity contribution in [1.29, 1.82) is 0 Å². The Balaban J connectivity index is 2.19.